The third-order valence-corrected chi connectivity index (χ3v) is 3.89. The van der Waals surface area contributed by atoms with Gasteiger partial charge < -0.3 is 18.6 Å². The van der Waals surface area contributed by atoms with Crippen LogP contribution in [0.4, 0.5) is 0 Å². The lowest BCUT2D eigenvalue weighted by Crippen LogP contribution is -2.32. The lowest BCUT2D eigenvalue weighted by Gasteiger charge is -2.21. The molecule has 0 aromatic rings. The monoisotopic (exact) mass is 330 g/mol. The zero-order chi connectivity index (χ0) is 16.8. The molecule has 0 amide bonds. The maximum absolute atomic E-state index is 11.5. The van der Waals surface area contributed by atoms with Crippen LogP contribution in [0.1, 0.15) is 59.8 Å². The fourth-order valence-corrected chi connectivity index (χ4v) is 2.04. The summed E-state index contributed by atoms with van der Waals surface area (Å²) in [5, 5.41) is 0. The molecule has 1 atom stereocenters. The van der Waals surface area contributed by atoms with Crippen LogP contribution >= 0.6 is 0 Å². The molecule has 2 radical (unpaired) electrons. The van der Waals surface area contributed by atoms with Crippen LogP contribution in [-0.4, -0.2) is 41.1 Å². The zero-order valence-corrected chi connectivity index (χ0v) is 15.4. The van der Waals surface area contributed by atoms with Gasteiger partial charge in [0.05, 0.1) is 13.2 Å². The van der Waals surface area contributed by atoms with Gasteiger partial charge in [0.25, 0.3) is 16.2 Å². The standard InChI is InChI=1S/C16H30O5Si/c1-6-9-11-18-16(19-12-10-7-2)21-22-14(8-3)20-15(17)13(4)5/h14,16H,4,6-12H2,1-3,5H3. The van der Waals surface area contributed by atoms with Crippen molar-refractivity contribution in [1.82, 2.24) is 0 Å². The highest BCUT2D eigenvalue weighted by molar-refractivity contribution is 6.29. The van der Waals surface area contributed by atoms with Crippen LogP contribution in [0.3, 0.4) is 0 Å². The number of ether oxygens (including phenoxy) is 3. The van der Waals surface area contributed by atoms with Gasteiger partial charge in [-0.05, 0) is 26.2 Å². The summed E-state index contributed by atoms with van der Waals surface area (Å²) >= 11 is 0. The van der Waals surface area contributed by atoms with Gasteiger partial charge in [-0.15, -0.1) is 0 Å². The first kappa shape index (κ1) is 21.3. The van der Waals surface area contributed by atoms with Gasteiger partial charge in [0.1, 0.15) is 5.73 Å². The van der Waals surface area contributed by atoms with Crippen molar-refractivity contribution in [2.24, 2.45) is 0 Å². The molecule has 0 spiro atoms. The molecule has 0 N–H and O–H groups in total. The minimum Gasteiger partial charge on any atom is -0.460 e. The van der Waals surface area contributed by atoms with E-state index in [2.05, 4.69) is 20.4 Å². The molecule has 0 fully saturated rings. The molecule has 0 saturated carbocycles. The second-order valence-electron chi connectivity index (χ2n) is 5.06. The number of carbonyl (C=O) groups is 1. The molecule has 0 aliphatic rings. The van der Waals surface area contributed by atoms with Crippen LogP contribution in [-0.2, 0) is 23.4 Å². The van der Waals surface area contributed by atoms with E-state index in [0.29, 0.717) is 25.2 Å². The molecule has 0 aromatic heterocycles. The van der Waals surface area contributed by atoms with E-state index in [0.717, 1.165) is 25.7 Å². The number of hydrogen-bond donors (Lipinski definition) is 0. The molecule has 0 aliphatic carbocycles. The van der Waals surface area contributed by atoms with Gasteiger partial charge in [0.2, 0.25) is 0 Å². The van der Waals surface area contributed by atoms with E-state index in [1.165, 1.54) is 0 Å². The van der Waals surface area contributed by atoms with E-state index in [1.807, 2.05) is 6.92 Å². The Morgan fingerprint density at radius 2 is 1.64 bits per heavy atom. The molecule has 0 saturated heterocycles. The van der Waals surface area contributed by atoms with E-state index in [1.54, 1.807) is 6.92 Å². The van der Waals surface area contributed by atoms with Gasteiger partial charge in [0.15, 0.2) is 0 Å². The van der Waals surface area contributed by atoms with Gasteiger partial charge in [-0.3, -0.25) is 0 Å². The van der Waals surface area contributed by atoms with E-state index in [9.17, 15) is 4.79 Å². The molecule has 0 heterocycles. The lowest BCUT2D eigenvalue weighted by molar-refractivity contribution is -0.249. The summed E-state index contributed by atoms with van der Waals surface area (Å²) in [6.07, 6.45) is 4.70. The Morgan fingerprint density at radius 1 is 1.09 bits per heavy atom. The predicted molar refractivity (Wildman–Crippen MR) is 87.3 cm³/mol. The summed E-state index contributed by atoms with van der Waals surface area (Å²) < 4.78 is 22.1. The molecular formula is C16H30O5Si. The largest absolute Gasteiger partial charge is 0.460 e. The maximum atomic E-state index is 11.5. The second kappa shape index (κ2) is 13.9. The van der Waals surface area contributed by atoms with Crippen LogP contribution < -0.4 is 0 Å². The van der Waals surface area contributed by atoms with E-state index in [4.69, 9.17) is 18.6 Å². The van der Waals surface area contributed by atoms with Crippen molar-refractivity contribution in [3.05, 3.63) is 12.2 Å². The Morgan fingerprint density at radius 3 is 2.05 bits per heavy atom. The average molecular weight is 330 g/mol. The molecule has 128 valence electrons. The van der Waals surface area contributed by atoms with Crippen LogP contribution in [0.15, 0.2) is 12.2 Å². The van der Waals surface area contributed by atoms with Crippen molar-refractivity contribution in [2.45, 2.75) is 72.0 Å². The third-order valence-electron chi connectivity index (χ3n) is 2.77. The highest BCUT2D eigenvalue weighted by Crippen LogP contribution is 2.06. The van der Waals surface area contributed by atoms with Crippen molar-refractivity contribution < 1.29 is 23.4 Å². The molecule has 0 rings (SSSR count). The van der Waals surface area contributed by atoms with Crippen molar-refractivity contribution in [1.29, 1.82) is 0 Å². The van der Waals surface area contributed by atoms with Crippen molar-refractivity contribution >= 4 is 15.7 Å². The molecular weight excluding hydrogens is 300 g/mol. The first-order valence-electron chi connectivity index (χ1n) is 8.05. The predicted octanol–water partition coefficient (Wildman–Crippen LogP) is 3.39. The molecule has 0 aromatic carbocycles. The smallest absolute Gasteiger partial charge is 0.333 e. The van der Waals surface area contributed by atoms with Gasteiger partial charge >= 0.3 is 5.97 Å². The molecule has 1 unspecified atom stereocenters. The van der Waals surface area contributed by atoms with Crippen LogP contribution in [0.5, 0.6) is 0 Å². The van der Waals surface area contributed by atoms with Crippen LogP contribution in [0.25, 0.3) is 0 Å². The Hall–Kier alpha value is -0.693. The molecule has 0 bridgehead atoms. The number of esters is 1. The fourth-order valence-electron chi connectivity index (χ4n) is 1.32. The Bertz CT molecular complexity index is 299. The summed E-state index contributed by atoms with van der Waals surface area (Å²) in [4.78, 5) is 11.5. The Balaban J connectivity index is 4.23. The normalized spacial score (nSPS) is 12.4. The summed E-state index contributed by atoms with van der Waals surface area (Å²) in [5.74, 6) is -0.390. The van der Waals surface area contributed by atoms with Crippen LogP contribution in [0.2, 0.25) is 0 Å². The summed E-state index contributed by atoms with van der Waals surface area (Å²) in [6.45, 7) is 11.9. The average Bonchev–Trinajstić information content (AvgIpc) is 2.50. The number of unbranched alkanes of at least 4 members (excludes halogenated alkanes) is 2. The Kier molecular flexibility index (Phi) is 13.5. The fraction of sp³-hybridized carbons (Fsp3) is 0.812. The van der Waals surface area contributed by atoms with Gasteiger partial charge in [-0.25, -0.2) is 4.79 Å². The van der Waals surface area contributed by atoms with E-state index >= 15 is 0 Å². The zero-order valence-electron chi connectivity index (χ0n) is 14.4. The lowest BCUT2D eigenvalue weighted by atomic mass is 10.4. The third kappa shape index (κ3) is 11.0. The topological polar surface area (TPSA) is 54.0 Å². The number of rotatable bonds is 14. The van der Waals surface area contributed by atoms with Gasteiger partial charge in [0, 0.05) is 5.57 Å². The quantitative estimate of drug-likeness (QED) is 0.161. The molecule has 22 heavy (non-hydrogen) atoms. The molecule has 0 aliphatic heterocycles. The summed E-state index contributed by atoms with van der Waals surface area (Å²) in [7, 11) is -0.0212. The van der Waals surface area contributed by atoms with Gasteiger partial charge in [-0.1, -0.05) is 40.2 Å². The highest BCUT2D eigenvalue weighted by atomic mass is 28.2. The molecule has 6 heteroatoms. The first-order valence-corrected chi connectivity index (χ1v) is 9.04. The summed E-state index contributed by atoms with van der Waals surface area (Å²) in [5.41, 5.74) is 0.0921. The Labute approximate surface area is 137 Å². The maximum Gasteiger partial charge on any atom is 0.333 e. The minimum absolute atomic E-state index is 0.0212. The minimum atomic E-state index is -0.686. The van der Waals surface area contributed by atoms with Gasteiger partial charge in [-0.2, -0.15) is 0 Å². The number of carbonyl (C=O) groups excluding carboxylic acids is 1. The number of hydrogen-bond acceptors (Lipinski definition) is 5. The highest BCUT2D eigenvalue weighted by Gasteiger charge is 2.19. The van der Waals surface area contributed by atoms with Crippen molar-refractivity contribution in [2.75, 3.05) is 13.2 Å². The van der Waals surface area contributed by atoms with Crippen molar-refractivity contribution in [3.8, 4) is 0 Å². The summed E-state index contributed by atoms with van der Waals surface area (Å²) in [6, 6.07) is 0. The van der Waals surface area contributed by atoms with E-state index < -0.39 is 12.4 Å². The van der Waals surface area contributed by atoms with E-state index in [-0.39, 0.29) is 15.5 Å². The SMILES string of the molecule is C=C(C)C(=O)OC(CC)[Si]OC(OCCCC)OCCCC. The first-order chi connectivity index (χ1) is 10.5. The van der Waals surface area contributed by atoms with Crippen LogP contribution in [0, 0.1) is 0 Å². The molecule has 5 nitrogen and oxygen atoms in total. The second-order valence-corrected chi connectivity index (χ2v) is 6.17. The van der Waals surface area contributed by atoms with Crippen molar-refractivity contribution in [3.63, 3.8) is 0 Å².